The topological polar surface area (TPSA) is 46.1 Å². The molecule has 4 heteroatoms. The van der Waals surface area contributed by atoms with Crippen molar-refractivity contribution >= 4 is 18.3 Å². The third kappa shape index (κ3) is 4.19. The van der Waals surface area contributed by atoms with E-state index in [0.29, 0.717) is 0 Å². The van der Waals surface area contributed by atoms with Crippen LogP contribution in [-0.4, -0.2) is 20.4 Å². The van der Waals surface area contributed by atoms with Gasteiger partial charge in [-0.15, -0.1) is 0 Å². The van der Waals surface area contributed by atoms with Crippen molar-refractivity contribution in [1.29, 1.82) is 0 Å². The Labute approximate surface area is 163 Å². The molecular weight excluding hydrogens is 372 g/mol. The molecule has 0 saturated carbocycles. The fourth-order valence-corrected chi connectivity index (χ4v) is 16.4. The van der Waals surface area contributed by atoms with Gasteiger partial charge in [0.25, 0.3) is 0 Å². The Bertz CT molecular complexity index is 772. The predicted octanol–water partition coefficient (Wildman–Crippen LogP) is 3.34. The molecule has 0 spiro atoms. The molecule has 0 heterocycles. The zero-order valence-electron chi connectivity index (χ0n) is 15.9. The Kier molecular flexibility index (Phi) is 8.26. The number of hydrogen-bond acceptors (Lipinski definition) is 2. The van der Waals surface area contributed by atoms with Crippen LogP contribution in [0.1, 0.15) is 30.7 Å². The van der Waals surface area contributed by atoms with Gasteiger partial charge in [0.2, 0.25) is 0 Å². The molecule has 2 aromatic carbocycles. The van der Waals surface area contributed by atoms with Crippen molar-refractivity contribution in [3.05, 3.63) is 82.9 Å². The third-order valence-corrected chi connectivity index (χ3v) is 17.6. The second kappa shape index (κ2) is 10.2. The molecule has 2 aliphatic carbocycles. The van der Waals surface area contributed by atoms with E-state index in [2.05, 4.69) is 85.9 Å². The van der Waals surface area contributed by atoms with E-state index >= 15 is 0 Å². The maximum atomic E-state index is 8.25. The van der Waals surface area contributed by atoms with E-state index in [1.165, 1.54) is 11.1 Å². The first-order valence-corrected chi connectivity index (χ1v) is 15.4. The average Bonchev–Trinajstić information content (AvgIpc) is 3.31. The molecule has 2 unspecified atom stereocenters. The first kappa shape index (κ1) is 21.1. The van der Waals surface area contributed by atoms with Crippen molar-refractivity contribution in [3.63, 3.8) is 0 Å². The van der Waals surface area contributed by atoms with Crippen molar-refractivity contribution in [1.82, 2.24) is 0 Å². The summed E-state index contributed by atoms with van der Waals surface area (Å²) < 4.78 is 1.47. The number of fused-ring (bicyclic) bond motifs is 2. The molecule has 0 amide bonds. The van der Waals surface area contributed by atoms with E-state index in [-0.39, 0.29) is 6.19 Å². The molecule has 2 nitrogen and oxygen atoms in total. The van der Waals surface area contributed by atoms with Crippen LogP contribution in [0.15, 0.2) is 60.7 Å². The van der Waals surface area contributed by atoms with Gasteiger partial charge in [0.15, 0.2) is 0 Å². The van der Waals surface area contributed by atoms with Gasteiger partial charge in [-0.05, 0) is 0 Å². The molecule has 0 fully saturated rings. The van der Waals surface area contributed by atoms with Gasteiger partial charge < -0.3 is 10.2 Å². The summed E-state index contributed by atoms with van der Waals surface area (Å²) in [6.07, 6.45) is 9.51. The third-order valence-electron chi connectivity index (χ3n) is 4.85. The van der Waals surface area contributed by atoms with Crippen LogP contribution < -0.4 is 10.2 Å². The first-order valence-electron chi connectivity index (χ1n) is 8.79. The SMILES string of the molecule is C[O-].C[O-].C[Si](C)=[Ti+2]([CH]1C=Cc2ccccc21)[CH]1C=Cc2ccccc21. The Morgan fingerprint density at radius 2 is 1.08 bits per heavy atom. The number of benzene rings is 2. The second-order valence-corrected chi connectivity index (χ2v) is 18.8. The molecule has 0 radical (unpaired) electrons. The predicted molar refractivity (Wildman–Crippen MR) is 106 cm³/mol. The van der Waals surface area contributed by atoms with Crippen molar-refractivity contribution in [2.75, 3.05) is 14.2 Å². The summed E-state index contributed by atoms with van der Waals surface area (Å²) in [6, 6.07) is 18.0. The van der Waals surface area contributed by atoms with Gasteiger partial charge in [0.05, 0.1) is 0 Å². The van der Waals surface area contributed by atoms with Gasteiger partial charge in [0, 0.05) is 0 Å². The van der Waals surface area contributed by atoms with Crippen LogP contribution >= 0.6 is 0 Å². The molecule has 26 heavy (non-hydrogen) atoms. The van der Waals surface area contributed by atoms with Crippen LogP contribution in [0.5, 0.6) is 0 Å². The number of allylic oxidation sites excluding steroid dienone is 2. The van der Waals surface area contributed by atoms with Crippen LogP contribution in [0.4, 0.5) is 0 Å². The molecule has 0 N–H and O–H groups in total. The van der Waals surface area contributed by atoms with E-state index in [9.17, 15) is 0 Å². The van der Waals surface area contributed by atoms with Crippen LogP contribution in [-0.2, 0) is 16.6 Å². The quantitative estimate of drug-likeness (QED) is 0.729. The number of rotatable bonds is 2. The van der Waals surface area contributed by atoms with Crippen molar-refractivity contribution in [3.8, 4) is 0 Å². The zero-order chi connectivity index (χ0) is 19.1. The molecule has 0 saturated heterocycles. The van der Waals surface area contributed by atoms with E-state index < -0.39 is 16.6 Å². The molecule has 0 bridgehead atoms. The van der Waals surface area contributed by atoms with Crippen LogP contribution in [0.3, 0.4) is 0 Å². The monoisotopic (exact) mass is 398 g/mol. The molecular formula is C22H26O2SiTi. The van der Waals surface area contributed by atoms with Gasteiger partial charge in [-0.25, -0.2) is 0 Å². The molecule has 4 rings (SSSR count). The van der Waals surface area contributed by atoms with Crippen LogP contribution in [0.25, 0.3) is 12.2 Å². The Morgan fingerprint density at radius 1 is 0.692 bits per heavy atom. The van der Waals surface area contributed by atoms with Gasteiger partial charge in [-0.3, -0.25) is 0 Å². The first-order chi connectivity index (χ1) is 12.8. The Morgan fingerprint density at radius 3 is 1.46 bits per heavy atom. The minimum atomic E-state index is -1.29. The van der Waals surface area contributed by atoms with Gasteiger partial charge in [0.1, 0.15) is 0 Å². The fraction of sp³-hybridized carbons (Fsp3) is 0.273. The molecule has 2 aromatic rings. The van der Waals surface area contributed by atoms with Crippen molar-refractivity contribution in [2.45, 2.75) is 21.5 Å². The molecule has 134 valence electrons. The average molecular weight is 398 g/mol. The standard InChI is InChI=1S/2C9H7.C2H6Si.2CH3O.Ti/c2*1-2-5-9-7-3-6-8(9)4-1;1-3-2;2*1-2;/h2*1-7H;1-2H3;2*1H3;/q;;;2*-1;+2. The van der Waals surface area contributed by atoms with Gasteiger partial charge in [-0.1, -0.05) is 0 Å². The molecule has 0 aliphatic heterocycles. The Balaban J connectivity index is 0.000000570. The fourth-order valence-electron chi connectivity index (χ4n) is 3.86. The summed E-state index contributed by atoms with van der Waals surface area (Å²) >= 11 is -1.29. The molecule has 2 aliphatic rings. The summed E-state index contributed by atoms with van der Waals surface area (Å²) in [4.78, 5) is 0. The normalized spacial score (nSPS) is 17.7. The minimum absolute atomic E-state index is 0.258. The summed E-state index contributed by atoms with van der Waals surface area (Å²) in [6.45, 7) is 5.09. The Hall–Kier alpha value is -1.23. The summed E-state index contributed by atoms with van der Waals surface area (Å²) in [5, 5.41) is 16.5. The van der Waals surface area contributed by atoms with Gasteiger partial charge >= 0.3 is 139 Å². The second-order valence-electron chi connectivity index (χ2n) is 6.39. The van der Waals surface area contributed by atoms with E-state index in [1.807, 2.05) is 0 Å². The van der Waals surface area contributed by atoms with Gasteiger partial charge in [-0.2, -0.15) is 14.2 Å². The van der Waals surface area contributed by atoms with E-state index in [4.69, 9.17) is 10.2 Å². The summed E-state index contributed by atoms with van der Waals surface area (Å²) in [5.74, 6) is 0. The van der Waals surface area contributed by atoms with E-state index in [1.54, 1.807) is 11.1 Å². The zero-order valence-corrected chi connectivity index (χ0v) is 18.5. The molecule has 2 atom stereocenters. The summed E-state index contributed by atoms with van der Waals surface area (Å²) in [7, 11) is 1.50. The van der Waals surface area contributed by atoms with E-state index in [0.717, 1.165) is 22.7 Å². The summed E-state index contributed by atoms with van der Waals surface area (Å²) in [5.41, 5.74) is 6.11. The van der Waals surface area contributed by atoms with Crippen molar-refractivity contribution in [2.24, 2.45) is 0 Å². The maximum absolute atomic E-state index is 8.25. The van der Waals surface area contributed by atoms with Crippen LogP contribution in [0.2, 0.25) is 13.1 Å². The van der Waals surface area contributed by atoms with Crippen LogP contribution in [0, 0.1) is 0 Å². The molecule has 0 aromatic heterocycles. The van der Waals surface area contributed by atoms with Crippen molar-refractivity contribution < 1.29 is 26.8 Å². The number of hydrogen-bond donors (Lipinski definition) is 0.